The first-order valence-electron chi connectivity index (χ1n) is 9.27. The zero-order valence-corrected chi connectivity index (χ0v) is 16.1. The summed E-state index contributed by atoms with van der Waals surface area (Å²) in [5.41, 5.74) is 2.99. The summed E-state index contributed by atoms with van der Waals surface area (Å²) in [6.45, 7) is 1.82. The minimum absolute atomic E-state index is 0.0158. The predicted octanol–water partition coefficient (Wildman–Crippen LogP) is 4.52. The minimum atomic E-state index is -0.935. The molecule has 0 bridgehead atoms. The van der Waals surface area contributed by atoms with Gasteiger partial charge in [-0.05, 0) is 60.9 Å². The van der Waals surface area contributed by atoms with Crippen LogP contribution in [0, 0.1) is 24.2 Å². The molecule has 0 radical (unpaired) electrons. The van der Waals surface area contributed by atoms with Crippen molar-refractivity contribution in [3.8, 4) is 6.07 Å². The molecule has 0 aromatic heterocycles. The molecule has 5 nitrogen and oxygen atoms in total. The lowest BCUT2D eigenvalue weighted by atomic mass is 9.84. The van der Waals surface area contributed by atoms with Crippen molar-refractivity contribution in [3.63, 3.8) is 0 Å². The van der Waals surface area contributed by atoms with Crippen LogP contribution in [0.3, 0.4) is 0 Å². The van der Waals surface area contributed by atoms with Crippen molar-refractivity contribution in [3.05, 3.63) is 63.7 Å². The van der Waals surface area contributed by atoms with Gasteiger partial charge in [-0.25, -0.2) is 4.79 Å². The number of halogens is 1. The van der Waals surface area contributed by atoms with E-state index >= 15 is 0 Å². The van der Waals surface area contributed by atoms with Gasteiger partial charge in [0.1, 0.15) is 6.07 Å². The van der Waals surface area contributed by atoms with E-state index in [9.17, 15) is 14.7 Å². The number of nitrogens with zero attached hydrogens (tertiary/aromatic N) is 2. The molecule has 2 aromatic rings. The Hall–Kier alpha value is -2.84. The van der Waals surface area contributed by atoms with Gasteiger partial charge in [0.05, 0.1) is 16.1 Å². The molecule has 2 aromatic carbocycles. The molecule has 3 unspecified atom stereocenters. The summed E-state index contributed by atoms with van der Waals surface area (Å²) in [7, 11) is 0. The van der Waals surface area contributed by atoms with E-state index in [1.165, 1.54) is 0 Å². The molecule has 28 heavy (non-hydrogen) atoms. The topological polar surface area (TPSA) is 81.4 Å². The van der Waals surface area contributed by atoms with Crippen molar-refractivity contribution in [1.82, 2.24) is 0 Å². The third kappa shape index (κ3) is 2.76. The van der Waals surface area contributed by atoms with Crippen molar-refractivity contribution in [2.24, 2.45) is 5.92 Å². The molecule has 1 aliphatic carbocycles. The van der Waals surface area contributed by atoms with Crippen molar-refractivity contribution >= 4 is 29.2 Å². The number of anilines is 1. The molecule has 1 N–H and O–H groups in total. The third-order valence-corrected chi connectivity index (χ3v) is 6.61. The van der Waals surface area contributed by atoms with Crippen molar-refractivity contribution in [2.45, 2.75) is 38.1 Å². The highest BCUT2D eigenvalue weighted by molar-refractivity contribution is 6.33. The van der Waals surface area contributed by atoms with E-state index in [0.717, 1.165) is 29.7 Å². The average Bonchev–Trinajstić information content (AvgIpc) is 3.22. The molecule has 4 rings (SSSR count). The summed E-state index contributed by atoms with van der Waals surface area (Å²) in [5, 5.41) is 19.1. The smallest absolute Gasteiger partial charge is 0.335 e. The summed E-state index contributed by atoms with van der Waals surface area (Å²) >= 11 is 6.32. The summed E-state index contributed by atoms with van der Waals surface area (Å²) in [5.74, 6) is -0.798. The van der Waals surface area contributed by atoms with Gasteiger partial charge in [-0.15, -0.1) is 0 Å². The first-order chi connectivity index (χ1) is 13.4. The number of aromatic carboxylic acids is 1. The highest BCUT2D eigenvalue weighted by Crippen LogP contribution is 2.50. The number of rotatable bonds is 3. The lowest BCUT2D eigenvalue weighted by molar-refractivity contribution is -0.117. The molecule has 2 aliphatic rings. The predicted molar refractivity (Wildman–Crippen MR) is 106 cm³/mol. The van der Waals surface area contributed by atoms with Crippen LogP contribution in [0.25, 0.3) is 0 Å². The number of fused-ring (bicyclic) bond motifs is 1. The van der Waals surface area contributed by atoms with Gasteiger partial charge in [0.25, 0.3) is 0 Å². The molecule has 3 atom stereocenters. The fourth-order valence-corrected chi connectivity index (χ4v) is 5.07. The van der Waals surface area contributed by atoms with E-state index in [1.54, 1.807) is 24.3 Å². The number of amides is 1. The molecule has 1 saturated heterocycles. The molecule has 0 spiro atoms. The van der Waals surface area contributed by atoms with E-state index in [4.69, 9.17) is 16.9 Å². The molecular weight excluding hydrogens is 376 g/mol. The Bertz CT molecular complexity index is 1030. The number of carbonyl (C=O) groups excluding carboxylic acids is 1. The number of carboxylic acid groups (broad SMARTS) is 1. The summed E-state index contributed by atoms with van der Waals surface area (Å²) in [6.07, 6.45) is 2.04. The van der Waals surface area contributed by atoms with E-state index in [0.29, 0.717) is 22.6 Å². The number of benzene rings is 2. The maximum Gasteiger partial charge on any atom is 0.335 e. The van der Waals surface area contributed by atoms with Crippen molar-refractivity contribution in [2.75, 3.05) is 4.90 Å². The van der Waals surface area contributed by atoms with Gasteiger partial charge in [0.2, 0.25) is 5.91 Å². The second-order valence-corrected chi connectivity index (χ2v) is 7.84. The molecule has 142 valence electrons. The highest BCUT2D eigenvalue weighted by atomic mass is 35.5. The van der Waals surface area contributed by atoms with Crippen LogP contribution in [0.5, 0.6) is 0 Å². The van der Waals surface area contributed by atoms with Crippen LogP contribution < -0.4 is 4.90 Å². The van der Waals surface area contributed by atoms with E-state index < -0.39 is 5.97 Å². The Morgan fingerprint density at radius 2 is 2.00 bits per heavy atom. The van der Waals surface area contributed by atoms with Crippen LogP contribution in [-0.4, -0.2) is 23.0 Å². The fraction of sp³-hybridized carbons (Fsp3) is 0.318. The van der Waals surface area contributed by atoms with Gasteiger partial charge in [-0.1, -0.05) is 29.8 Å². The molecule has 2 fully saturated rings. The highest BCUT2D eigenvalue weighted by Gasteiger charge is 2.49. The van der Waals surface area contributed by atoms with E-state index in [-0.39, 0.29) is 23.8 Å². The zero-order valence-electron chi connectivity index (χ0n) is 15.4. The van der Waals surface area contributed by atoms with Gasteiger partial charge in [-0.2, -0.15) is 5.26 Å². The lowest BCUT2D eigenvalue weighted by Crippen LogP contribution is -2.34. The quantitative estimate of drug-likeness (QED) is 0.829. The van der Waals surface area contributed by atoms with Crippen LogP contribution in [0.15, 0.2) is 36.4 Å². The molecule has 6 heteroatoms. The molecule has 1 amide bonds. The van der Waals surface area contributed by atoms with Gasteiger partial charge < -0.3 is 10.0 Å². The fourth-order valence-electron chi connectivity index (χ4n) is 4.87. The van der Waals surface area contributed by atoms with Crippen LogP contribution in [0.2, 0.25) is 5.02 Å². The molecule has 1 aliphatic heterocycles. The maximum absolute atomic E-state index is 12.9. The Morgan fingerprint density at radius 1 is 1.25 bits per heavy atom. The lowest BCUT2D eigenvalue weighted by Gasteiger charge is -2.27. The van der Waals surface area contributed by atoms with Crippen LogP contribution >= 0.6 is 11.6 Å². The third-order valence-electron chi connectivity index (χ3n) is 6.12. The number of carbonyl (C=O) groups is 2. The average molecular weight is 395 g/mol. The Kier molecular flexibility index (Phi) is 4.60. The number of hydrogen-bond acceptors (Lipinski definition) is 3. The summed E-state index contributed by atoms with van der Waals surface area (Å²) < 4.78 is 0. The van der Waals surface area contributed by atoms with Crippen LogP contribution in [0.4, 0.5) is 5.69 Å². The van der Waals surface area contributed by atoms with Gasteiger partial charge >= 0.3 is 5.97 Å². The normalized spacial score (nSPS) is 23.5. The summed E-state index contributed by atoms with van der Waals surface area (Å²) in [4.78, 5) is 26.4. The first-order valence-corrected chi connectivity index (χ1v) is 9.65. The van der Waals surface area contributed by atoms with Crippen molar-refractivity contribution < 1.29 is 14.7 Å². The Morgan fingerprint density at radius 3 is 2.71 bits per heavy atom. The van der Waals surface area contributed by atoms with E-state index in [2.05, 4.69) is 6.07 Å². The van der Waals surface area contributed by atoms with Gasteiger partial charge in [0.15, 0.2) is 0 Å². The Labute approximate surface area is 168 Å². The minimum Gasteiger partial charge on any atom is -0.478 e. The first kappa shape index (κ1) is 18.5. The zero-order chi connectivity index (χ0) is 20.0. The number of hydrogen-bond donors (Lipinski definition) is 1. The van der Waals surface area contributed by atoms with E-state index in [1.807, 2.05) is 24.0 Å². The SMILES string of the molecule is Cc1c(N2C(=O)CC3C(c4ccccc4C(=O)O)CCC32)ccc(C#N)c1Cl. The van der Waals surface area contributed by atoms with Crippen LogP contribution in [-0.2, 0) is 4.79 Å². The van der Waals surface area contributed by atoms with Crippen LogP contribution in [0.1, 0.15) is 52.2 Å². The number of carboxylic acids is 1. The second kappa shape index (κ2) is 6.96. The standard InChI is InChI=1S/C22H19ClN2O3/c1-12-18(8-6-13(11-24)21(12)23)25-19-9-7-15(17(19)10-20(25)26)14-4-2-3-5-16(14)22(27)28/h2-6,8,15,17,19H,7,9-10H2,1H3,(H,27,28). The molecular formula is C22H19ClN2O3. The maximum atomic E-state index is 12.9. The summed E-state index contributed by atoms with van der Waals surface area (Å²) in [6, 6.07) is 12.6. The Balaban J connectivity index is 1.71. The van der Waals surface area contributed by atoms with Crippen molar-refractivity contribution in [1.29, 1.82) is 5.26 Å². The monoisotopic (exact) mass is 394 g/mol. The largest absolute Gasteiger partial charge is 0.478 e. The number of nitriles is 1. The van der Waals surface area contributed by atoms with Gasteiger partial charge in [-0.3, -0.25) is 4.79 Å². The second-order valence-electron chi connectivity index (χ2n) is 7.46. The van der Waals surface area contributed by atoms with Gasteiger partial charge in [0, 0.05) is 18.2 Å². The molecule has 1 heterocycles. The molecule has 1 saturated carbocycles.